The van der Waals surface area contributed by atoms with Crippen LogP contribution in [0.3, 0.4) is 0 Å². The second-order valence-corrected chi connectivity index (χ2v) is 8.11. The van der Waals surface area contributed by atoms with E-state index in [1.807, 2.05) is 45.0 Å². The van der Waals surface area contributed by atoms with Crippen LogP contribution in [0, 0.1) is 0 Å². The first-order valence-corrected chi connectivity index (χ1v) is 9.62. The number of guanidine groups is 1. The molecule has 162 valence electrons. The first-order chi connectivity index (χ1) is 13.3. The largest absolute Gasteiger partial charge is 0.497 e. The van der Waals surface area contributed by atoms with Crippen molar-refractivity contribution in [2.45, 2.75) is 38.5 Å². The first kappa shape index (κ1) is 23.5. The summed E-state index contributed by atoms with van der Waals surface area (Å²) in [7, 11) is 1.61. The number of carbonyl (C=O) groups is 1. The normalized spacial score (nSPS) is 19.6. The molecule has 2 N–H and O–H groups in total. The Hall–Kier alpha value is -1.75. The van der Waals surface area contributed by atoms with Crippen LogP contribution in [0.4, 0.5) is 4.79 Å². The van der Waals surface area contributed by atoms with E-state index in [-0.39, 0.29) is 36.1 Å². The van der Waals surface area contributed by atoms with Crippen LogP contribution in [-0.4, -0.2) is 78.4 Å². The van der Waals surface area contributed by atoms with Gasteiger partial charge in [-0.3, -0.25) is 4.99 Å². The smallest absolute Gasteiger partial charge is 0.410 e. The molecule has 9 heteroatoms. The summed E-state index contributed by atoms with van der Waals surface area (Å²) in [5, 5.41) is 13.7. The van der Waals surface area contributed by atoms with Crippen LogP contribution in [-0.2, 0) is 4.74 Å². The third kappa shape index (κ3) is 6.11. The third-order valence-electron chi connectivity index (χ3n) is 4.79. The van der Waals surface area contributed by atoms with Gasteiger partial charge in [0.15, 0.2) is 5.96 Å². The molecule has 2 heterocycles. The number of aliphatic hydroxyl groups excluding tert-OH is 1. The molecule has 0 aromatic heterocycles. The van der Waals surface area contributed by atoms with E-state index in [1.165, 1.54) is 0 Å². The van der Waals surface area contributed by atoms with Crippen LogP contribution in [0.5, 0.6) is 5.75 Å². The summed E-state index contributed by atoms with van der Waals surface area (Å²) in [5.74, 6) is 1.49. The Bertz CT molecular complexity index is 737. The number of piperazine rings is 1. The lowest BCUT2D eigenvalue weighted by Gasteiger charge is -2.39. The van der Waals surface area contributed by atoms with Gasteiger partial charge in [-0.1, -0.05) is 12.1 Å². The Morgan fingerprint density at radius 2 is 2.14 bits per heavy atom. The standard InChI is InChI=1S/C20H30N4O4.HI/c1-20(2,3)28-19(26)23-8-9-24-15(13-23)11-21-18(24)22-12-17(25)14-6-5-7-16(10-14)27-4;/h5-7,10,15,17,25H,8-9,11-13H2,1-4H3,(H,21,22);1H. The Labute approximate surface area is 189 Å². The lowest BCUT2D eigenvalue weighted by molar-refractivity contribution is 0.0137. The van der Waals surface area contributed by atoms with Crippen molar-refractivity contribution in [1.82, 2.24) is 15.1 Å². The van der Waals surface area contributed by atoms with E-state index >= 15 is 0 Å². The van der Waals surface area contributed by atoms with Gasteiger partial charge in [-0.05, 0) is 38.5 Å². The van der Waals surface area contributed by atoms with Gasteiger partial charge in [-0.25, -0.2) is 4.79 Å². The minimum atomic E-state index is -0.667. The monoisotopic (exact) mass is 518 g/mol. The van der Waals surface area contributed by atoms with Gasteiger partial charge in [0.25, 0.3) is 0 Å². The number of rotatable bonds is 4. The highest BCUT2D eigenvalue weighted by Gasteiger charge is 2.36. The summed E-state index contributed by atoms with van der Waals surface area (Å²) in [5.41, 5.74) is 0.292. The maximum Gasteiger partial charge on any atom is 0.410 e. The van der Waals surface area contributed by atoms with E-state index < -0.39 is 11.7 Å². The Kier molecular flexibility index (Phi) is 7.98. The lowest BCUT2D eigenvalue weighted by atomic mass is 10.1. The number of aliphatic imine (C=N–C) groups is 1. The maximum absolute atomic E-state index is 12.3. The lowest BCUT2D eigenvalue weighted by Crippen LogP contribution is -2.57. The molecule has 1 aromatic carbocycles. The second-order valence-electron chi connectivity index (χ2n) is 8.11. The highest BCUT2D eigenvalue weighted by atomic mass is 127. The molecule has 2 unspecified atom stereocenters. The van der Waals surface area contributed by atoms with Crippen LogP contribution in [0.1, 0.15) is 32.4 Å². The zero-order chi connectivity index (χ0) is 20.3. The van der Waals surface area contributed by atoms with Crippen LogP contribution >= 0.6 is 24.0 Å². The first-order valence-electron chi connectivity index (χ1n) is 9.62. The number of benzene rings is 1. The summed E-state index contributed by atoms with van der Waals surface area (Å²) in [4.78, 5) is 20.8. The molecule has 1 saturated heterocycles. The summed E-state index contributed by atoms with van der Waals surface area (Å²) in [6.07, 6.45) is -0.943. The molecule has 3 rings (SSSR count). The van der Waals surface area contributed by atoms with Crippen molar-refractivity contribution in [3.05, 3.63) is 29.8 Å². The molecule has 2 atom stereocenters. The molecule has 1 fully saturated rings. The predicted molar refractivity (Wildman–Crippen MR) is 122 cm³/mol. The Morgan fingerprint density at radius 3 is 2.83 bits per heavy atom. The number of nitrogens with zero attached hydrogens (tertiary/aromatic N) is 3. The molecule has 0 radical (unpaired) electrons. The number of nitrogens with one attached hydrogen (secondary N) is 1. The Morgan fingerprint density at radius 1 is 1.38 bits per heavy atom. The number of amides is 1. The van der Waals surface area contributed by atoms with Gasteiger partial charge in [-0.15, -0.1) is 24.0 Å². The Balaban J connectivity index is 0.00000300. The van der Waals surface area contributed by atoms with Gasteiger partial charge in [0.2, 0.25) is 0 Å². The van der Waals surface area contributed by atoms with Crippen molar-refractivity contribution in [2.24, 2.45) is 4.99 Å². The number of ether oxygens (including phenoxy) is 2. The second kappa shape index (κ2) is 9.84. The molecule has 0 saturated carbocycles. The van der Waals surface area contributed by atoms with E-state index in [9.17, 15) is 9.90 Å². The molecular weight excluding hydrogens is 487 g/mol. The van der Waals surface area contributed by atoms with Gasteiger partial charge < -0.3 is 29.7 Å². The molecule has 2 aliphatic heterocycles. The molecule has 0 aliphatic carbocycles. The van der Waals surface area contributed by atoms with Crippen molar-refractivity contribution in [2.75, 3.05) is 39.8 Å². The van der Waals surface area contributed by atoms with Crippen LogP contribution in [0.15, 0.2) is 29.3 Å². The number of hydrogen-bond donors (Lipinski definition) is 2. The number of carbonyl (C=O) groups excluding carboxylic acids is 1. The molecule has 29 heavy (non-hydrogen) atoms. The van der Waals surface area contributed by atoms with Crippen molar-refractivity contribution in [1.29, 1.82) is 0 Å². The fourth-order valence-electron chi connectivity index (χ4n) is 3.38. The zero-order valence-electron chi connectivity index (χ0n) is 17.4. The topological polar surface area (TPSA) is 86.6 Å². The van der Waals surface area contributed by atoms with E-state index in [0.29, 0.717) is 38.5 Å². The van der Waals surface area contributed by atoms with E-state index in [0.717, 1.165) is 11.5 Å². The fraction of sp³-hybridized carbons (Fsp3) is 0.600. The van der Waals surface area contributed by atoms with Gasteiger partial charge in [0, 0.05) is 26.2 Å². The van der Waals surface area contributed by atoms with Crippen molar-refractivity contribution in [3.63, 3.8) is 0 Å². The van der Waals surface area contributed by atoms with E-state index in [4.69, 9.17) is 9.47 Å². The van der Waals surface area contributed by atoms with Crippen LogP contribution in [0.2, 0.25) is 0 Å². The van der Waals surface area contributed by atoms with Crippen LogP contribution < -0.4 is 10.1 Å². The minimum absolute atomic E-state index is 0. The van der Waals surface area contributed by atoms with Crippen LogP contribution in [0.25, 0.3) is 0 Å². The highest BCUT2D eigenvalue weighted by Crippen LogP contribution is 2.21. The summed E-state index contributed by atoms with van der Waals surface area (Å²) in [6.45, 7) is 8.44. The molecule has 0 bridgehead atoms. The van der Waals surface area contributed by atoms with Crippen molar-refractivity contribution in [3.8, 4) is 5.75 Å². The summed E-state index contributed by atoms with van der Waals surface area (Å²) in [6, 6.07) is 7.53. The quantitative estimate of drug-likeness (QED) is 0.595. The average Bonchev–Trinajstić information content (AvgIpc) is 3.07. The highest BCUT2D eigenvalue weighted by molar-refractivity contribution is 14.0. The van der Waals surface area contributed by atoms with Crippen molar-refractivity contribution < 1.29 is 19.4 Å². The fourth-order valence-corrected chi connectivity index (χ4v) is 3.38. The number of halogens is 1. The number of hydrogen-bond acceptors (Lipinski definition) is 7. The van der Waals surface area contributed by atoms with Gasteiger partial charge in [0.05, 0.1) is 25.8 Å². The molecule has 1 amide bonds. The van der Waals surface area contributed by atoms with E-state index in [1.54, 1.807) is 12.0 Å². The van der Waals surface area contributed by atoms with Gasteiger partial charge >= 0.3 is 6.09 Å². The SMILES string of the molecule is COc1cccc(C(O)CNC2=NCC3CN(C(=O)OC(C)(C)C)CCN23)c1.I. The molecule has 8 nitrogen and oxygen atoms in total. The van der Waals surface area contributed by atoms with Crippen molar-refractivity contribution >= 4 is 36.0 Å². The third-order valence-corrected chi connectivity index (χ3v) is 4.79. The molecule has 1 aromatic rings. The molecular formula is C20H31IN4O4. The zero-order valence-corrected chi connectivity index (χ0v) is 19.8. The maximum atomic E-state index is 12.3. The number of fused-ring (bicyclic) bond motifs is 1. The molecule has 0 spiro atoms. The number of methoxy groups -OCH3 is 1. The minimum Gasteiger partial charge on any atom is -0.497 e. The predicted octanol–water partition coefficient (Wildman–Crippen LogP) is 2.23. The average molecular weight is 518 g/mol. The molecule has 2 aliphatic rings. The summed E-state index contributed by atoms with van der Waals surface area (Å²) < 4.78 is 10.7. The van der Waals surface area contributed by atoms with E-state index in [2.05, 4.69) is 15.2 Å². The van der Waals surface area contributed by atoms with Gasteiger partial charge in [-0.2, -0.15) is 0 Å². The van der Waals surface area contributed by atoms with Gasteiger partial charge in [0.1, 0.15) is 11.4 Å². The summed E-state index contributed by atoms with van der Waals surface area (Å²) >= 11 is 0. The number of aliphatic hydroxyl groups is 1.